The molecule has 12 fully saturated rings. The zero-order chi connectivity index (χ0) is 55.2. The van der Waals surface area contributed by atoms with E-state index in [1.54, 1.807) is 0 Å². The lowest BCUT2D eigenvalue weighted by molar-refractivity contribution is -0.142. The molecule has 77 heavy (non-hydrogen) atoms. The summed E-state index contributed by atoms with van der Waals surface area (Å²) in [5, 5.41) is 4.04. The van der Waals surface area contributed by atoms with Gasteiger partial charge in [-0.1, -0.05) is 106 Å². The number of aldehydes is 1. The monoisotopic (exact) mass is 1080 g/mol. The lowest BCUT2D eigenvalue weighted by Crippen LogP contribution is -2.64. The second-order valence-electron chi connectivity index (χ2n) is 30.4. The Morgan fingerprint density at radius 2 is 0.805 bits per heavy atom. The number of nitrogens with two attached hydrogens (primary N) is 1. The molecule has 0 saturated heterocycles. The standard InChI is InChI=1S/C22H39NO2.C22H37NO2.C12H21N.C10H18O3.H2O/c2*1-18(24)25-11-9-7-5-4-6-8-10-23-22-14-19-12-20(2,16-22)15-21(3,13-19)17-22;1-10-3-9-4-11(2,6-10)8-12(13,5-9)7-10;1-10(12)13-9-7-5-3-2-4-6-8-11;/h19,23H,4-17H2,1-3H3;10,19H,4-9,11-17H2,1-3H3;9H,3-8,13H2,1-2H3;8H,2-7,9H2,1H3;1H2/p-1. The quantitative estimate of drug-likeness (QED) is 0.0265. The Hall–Kier alpha value is -2.37. The molecule has 6 atom stereocenters. The Kier molecular flexibility index (Phi) is 24.3. The van der Waals surface area contributed by atoms with Gasteiger partial charge in [-0.2, -0.15) is 0 Å². The minimum absolute atomic E-state index is 0. The average molecular weight is 1080 g/mol. The molecule has 0 heterocycles. The molecule has 0 spiro atoms. The molecular formula is C66H116N3O8-. The number of esters is 3. The van der Waals surface area contributed by atoms with Crippen LogP contribution in [0.1, 0.15) is 293 Å². The van der Waals surface area contributed by atoms with Crippen LogP contribution in [0.15, 0.2) is 4.99 Å². The summed E-state index contributed by atoms with van der Waals surface area (Å²) in [4.78, 5) is 46.9. The molecule has 11 heteroatoms. The molecule has 444 valence electrons. The molecule has 12 bridgehead atoms. The van der Waals surface area contributed by atoms with Gasteiger partial charge in [-0.25, -0.2) is 0 Å². The van der Waals surface area contributed by atoms with Crippen molar-refractivity contribution in [2.45, 2.75) is 310 Å². The number of unbranched alkanes of at least 4 members (excludes halogenated alkanes) is 15. The lowest BCUT2D eigenvalue weighted by atomic mass is 9.43. The van der Waals surface area contributed by atoms with Crippen molar-refractivity contribution in [3.63, 3.8) is 0 Å². The minimum atomic E-state index is -0.207. The van der Waals surface area contributed by atoms with Crippen LogP contribution in [0.5, 0.6) is 0 Å². The number of hydrogen-bond acceptors (Lipinski definition) is 11. The summed E-state index contributed by atoms with van der Waals surface area (Å²) in [5.74, 6) is 2.34. The van der Waals surface area contributed by atoms with Gasteiger partial charge < -0.3 is 35.5 Å². The zero-order valence-corrected chi connectivity index (χ0v) is 51.0. The van der Waals surface area contributed by atoms with Gasteiger partial charge in [0.05, 0.1) is 25.4 Å². The number of hydrogen-bond donors (Lipinski definition) is 2. The van der Waals surface area contributed by atoms with Crippen molar-refractivity contribution in [2.24, 2.45) is 61.0 Å². The first-order chi connectivity index (χ1) is 35.8. The third kappa shape index (κ3) is 20.8. The number of carbonyl (C=O) groups excluding carboxylic acids is 4. The number of rotatable bonds is 27. The summed E-state index contributed by atoms with van der Waals surface area (Å²) in [7, 11) is 0. The molecule has 0 amide bonds. The number of nitrogens with one attached hydrogen (secondary N) is 1. The lowest BCUT2D eigenvalue weighted by Gasteiger charge is -2.65. The van der Waals surface area contributed by atoms with E-state index in [0.29, 0.717) is 64.3 Å². The zero-order valence-electron chi connectivity index (χ0n) is 51.0. The van der Waals surface area contributed by atoms with Crippen LogP contribution < -0.4 is 11.1 Å². The van der Waals surface area contributed by atoms with Gasteiger partial charge >= 0.3 is 17.9 Å². The van der Waals surface area contributed by atoms with E-state index < -0.39 is 0 Å². The van der Waals surface area contributed by atoms with Crippen molar-refractivity contribution in [3.8, 4) is 0 Å². The van der Waals surface area contributed by atoms with Crippen LogP contribution in [0.3, 0.4) is 0 Å². The van der Waals surface area contributed by atoms with Gasteiger partial charge in [0.1, 0.15) is 6.29 Å². The van der Waals surface area contributed by atoms with E-state index in [1.807, 2.05) is 0 Å². The van der Waals surface area contributed by atoms with Gasteiger partial charge in [-0.3, -0.25) is 19.4 Å². The molecule has 12 aliphatic carbocycles. The smallest absolute Gasteiger partial charge is 0.302 e. The summed E-state index contributed by atoms with van der Waals surface area (Å²) in [6.45, 7) is 22.4. The van der Waals surface area contributed by atoms with Gasteiger partial charge in [0, 0.05) is 38.3 Å². The summed E-state index contributed by atoms with van der Waals surface area (Å²) >= 11 is 0. The fraction of sp³-hybridized carbons (Fsp3) is 0.924. The third-order valence-electron chi connectivity index (χ3n) is 20.2. The fourth-order valence-electron chi connectivity index (χ4n) is 20.6. The summed E-state index contributed by atoms with van der Waals surface area (Å²) < 4.78 is 14.7. The predicted molar refractivity (Wildman–Crippen MR) is 312 cm³/mol. The summed E-state index contributed by atoms with van der Waals surface area (Å²) in [6, 6.07) is 0. The van der Waals surface area contributed by atoms with E-state index in [0.717, 1.165) is 81.8 Å². The second kappa shape index (κ2) is 28.6. The van der Waals surface area contributed by atoms with Crippen LogP contribution in [-0.2, 0) is 33.4 Å². The van der Waals surface area contributed by atoms with E-state index >= 15 is 0 Å². The highest BCUT2D eigenvalue weighted by atomic mass is 16.5. The molecule has 0 aromatic rings. The first-order valence-corrected chi connectivity index (χ1v) is 31.7. The molecule has 12 rings (SSSR count). The Morgan fingerprint density at radius 3 is 1.18 bits per heavy atom. The largest absolute Gasteiger partial charge is 0.870 e. The van der Waals surface area contributed by atoms with Gasteiger partial charge in [0.2, 0.25) is 0 Å². The Balaban J connectivity index is 0.000000197. The van der Waals surface area contributed by atoms with Crippen LogP contribution in [0.2, 0.25) is 0 Å². The van der Waals surface area contributed by atoms with Gasteiger partial charge in [-0.15, -0.1) is 0 Å². The molecular weight excluding hydrogens is 963 g/mol. The first kappa shape index (κ1) is 65.4. The van der Waals surface area contributed by atoms with Crippen LogP contribution in [0.25, 0.3) is 0 Å². The normalized spacial score (nSPS) is 37.9. The van der Waals surface area contributed by atoms with Gasteiger partial charge in [0.15, 0.2) is 0 Å². The molecule has 0 aliphatic heterocycles. The molecule has 12 aliphatic rings. The van der Waals surface area contributed by atoms with Crippen molar-refractivity contribution in [3.05, 3.63) is 0 Å². The highest BCUT2D eigenvalue weighted by Crippen LogP contribution is 2.69. The average Bonchev–Trinajstić information content (AvgIpc) is 3.25. The van der Waals surface area contributed by atoms with Crippen molar-refractivity contribution in [2.75, 3.05) is 26.4 Å². The minimum Gasteiger partial charge on any atom is -0.870 e. The van der Waals surface area contributed by atoms with E-state index in [1.165, 1.54) is 194 Å². The molecule has 4 N–H and O–H groups in total. The molecule has 0 aromatic heterocycles. The predicted octanol–water partition coefficient (Wildman–Crippen LogP) is 15.5. The maximum Gasteiger partial charge on any atom is 0.302 e. The highest BCUT2D eigenvalue weighted by molar-refractivity contribution is 5.66. The SMILES string of the molecule is CC(=O)OCCCCCCCC=NC12CC3CC(C)(CC(C)(C3)C1)C2.CC(=O)OCCCCCCCC=O.CC(=O)OCCCCCCCCNC12CC3CC(C)(CC(C)(C3)C1)C2.CC12CC3CC(C)(C1)CC(N)(C3)C2.[OH-]. The first-order valence-electron chi connectivity index (χ1n) is 31.7. The van der Waals surface area contributed by atoms with Crippen LogP contribution in [0, 0.1) is 50.2 Å². The highest BCUT2D eigenvalue weighted by Gasteiger charge is 2.62. The molecule has 11 nitrogen and oxygen atoms in total. The number of ether oxygens (including phenoxy) is 3. The summed E-state index contributed by atoms with van der Waals surface area (Å²) in [5.41, 5.74) is 11.0. The van der Waals surface area contributed by atoms with Crippen LogP contribution in [0.4, 0.5) is 0 Å². The van der Waals surface area contributed by atoms with E-state index in [2.05, 4.69) is 53.1 Å². The van der Waals surface area contributed by atoms with Crippen LogP contribution >= 0.6 is 0 Å². The van der Waals surface area contributed by atoms with Crippen molar-refractivity contribution in [1.82, 2.24) is 5.32 Å². The maximum absolute atomic E-state index is 10.7. The van der Waals surface area contributed by atoms with Gasteiger partial charge in [-0.05, 0) is 224 Å². The van der Waals surface area contributed by atoms with E-state index in [9.17, 15) is 19.2 Å². The van der Waals surface area contributed by atoms with Crippen LogP contribution in [-0.4, -0.2) is 78.9 Å². The van der Waals surface area contributed by atoms with Crippen molar-refractivity contribution >= 4 is 30.4 Å². The Bertz CT molecular complexity index is 1810. The molecule has 6 unspecified atom stereocenters. The Morgan fingerprint density at radius 1 is 0.455 bits per heavy atom. The van der Waals surface area contributed by atoms with Crippen molar-refractivity contribution < 1.29 is 38.9 Å². The maximum atomic E-state index is 10.7. The summed E-state index contributed by atoms with van der Waals surface area (Å²) in [6.07, 6.45) is 48.9. The van der Waals surface area contributed by atoms with E-state index in [-0.39, 0.29) is 34.5 Å². The molecule has 12 saturated carbocycles. The Labute approximate surface area is 470 Å². The topological polar surface area (TPSA) is 176 Å². The van der Waals surface area contributed by atoms with E-state index in [4.69, 9.17) is 24.9 Å². The number of carbonyl (C=O) groups is 4. The fourth-order valence-corrected chi connectivity index (χ4v) is 20.6. The van der Waals surface area contributed by atoms with Crippen molar-refractivity contribution in [1.29, 1.82) is 0 Å². The molecule has 0 radical (unpaired) electrons. The second-order valence-corrected chi connectivity index (χ2v) is 30.4. The molecule has 0 aromatic carbocycles. The van der Waals surface area contributed by atoms with Gasteiger partial charge in [0.25, 0.3) is 0 Å². The number of nitrogens with zero attached hydrogens (tertiary/aromatic N) is 1. The third-order valence-corrected chi connectivity index (χ3v) is 20.2. The number of aliphatic imine (C=N–C) groups is 1.